The lowest BCUT2D eigenvalue weighted by molar-refractivity contribution is -0.0229. The molecule has 0 amide bonds. The Morgan fingerprint density at radius 3 is 2.31 bits per heavy atom. The number of rotatable bonds is 1. The highest BCUT2D eigenvalue weighted by molar-refractivity contribution is 6.83. The molecule has 0 aliphatic heterocycles. The molecule has 1 saturated carbocycles. The Morgan fingerprint density at radius 1 is 1.38 bits per heavy atom. The molecule has 2 heteroatoms. The molecule has 1 aliphatic carbocycles. The zero-order valence-electron chi connectivity index (χ0n) is 9.15. The smallest absolute Gasteiger partial charge is 0.129 e. The van der Waals surface area contributed by atoms with E-state index < -0.39 is 13.7 Å². The summed E-state index contributed by atoms with van der Waals surface area (Å²) in [7, 11) is -1.30. The molecule has 74 valence electrons. The van der Waals surface area contributed by atoms with Gasteiger partial charge in [0.15, 0.2) is 0 Å². The Bertz CT molecular complexity index is 235. The summed E-state index contributed by atoms with van der Waals surface area (Å²) in [6.45, 7) is 8.80. The van der Waals surface area contributed by atoms with Gasteiger partial charge in [-0.15, -0.1) is 5.54 Å². The monoisotopic (exact) mass is 196 g/mol. The third-order valence-electron chi connectivity index (χ3n) is 2.50. The third-order valence-corrected chi connectivity index (χ3v) is 3.38. The zero-order valence-corrected chi connectivity index (χ0v) is 10.1. The van der Waals surface area contributed by atoms with Crippen LogP contribution in [0.5, 0.6) is 0 Å². The van der Waals surface area contributed by atoms with Crippen LogP contribution in [-0.2, 0) is 0 Å². The second-order valence-corrected chi connectivity index (χ2v) is 9.96. The molecule has 1 N–H and O–H groups in total. The highest BCUT2D eigenvalue weighted by atomic mass is 28.3. The van der Waals surface area contributed by atoms with Gasteiger partial charge in [-0.25, -0.2) is 0 Å². The predicted molar refractivity (Wildman–Crippen MR) is 59.1 cm³/mol. The van der Waals surface area contributed by atoms with Crippen molar-refractivity contribution in [2.24, 2.45) is 5.92 Å². The zero-order chi connectivity index (χ0) is 10.1. The van der Waals surface area contributed by atoms with Crippen molar-refractivity contribution >= 4 is 8.07 Å². The van der Waals surface area contributed by atoms with Gasteiger partial charge in [-0.05, 0) is 18.8 Å². The lowest BCUT2D eigenvalue weighted by Crippen LogP contribution is -2.42. The Morgan fingerprint density at radius 2 is 1.92 bits per heavy atom. The number of hydrogen-bond donors (Lipinski definition) is 1. The SMILES string of the molecule is CCC1CC(O)(C#C[Si](C)(C)C)C1. The van der Waals surface area contributed by atoms with Gasteiger partial charge in [0.2, 0.25) is 0 Å². The van der Waals surface area contributed by atoms with Crippen LogP contribution in [0.4, 0.5) is 0 Å². The third kappa shape index (κ3) is 3.17. The molecule has 0 saturated heterocycles. The van der Waals surface area contributed by atoms with Crippen molar-refractivity contribution in [1.29, 1.82) is 0 Å². The van der Waals surface area contributed by atoms with Crippen molar-refractivity contribution in [3.63, 3.8) is 0 Å². The maximum absolute atomic E-state index is 9.92. The minimum absolute atomic E-state index is 0.624. The maximum atomic E-state index is 9.92. The molecule has 0 aromatic heterocycles. The van der Waals surface area contributed by atoms with E-state index >= 15 is 0 Å². The average molecular weight is 196 g/mol. The standard InChI is InChI=1S/C11H20OSi/c1-5-10-8-11(12,9-10)6-7-13(2,3)4/h10,12H,5,8-9H2,1-4H3. The van der Waals surface area contributed by atoms with E-state index in [4.69, 9.17) is 0 Å². The maximum Gasteiger partial charge on any atom is 0.129 e. The van der Waals surface area contributed by atoms with E-state index in [1.807, 2.05) is 0 Å². The van der Waals surface area contributed by atoms with Crippen LogP contribution >= 0.6 is 0 Å². The van der Waals surface area contributed by atoms with Crippen LogP contribution in [0.2, 0.25) is 19.6 Å². The second-order valence-electron chi connectivity index (χ2n) is 5.21. The van der Waals surface area contributed by atoms with Crippen LogP contribution < -0.4 is 0 Å². The summed E-state index contributed by atoms with van der Waals surface area (Å²) in [5, 5.41) is 9.92. The highest BCUT2D eigenvalue weighted by Crippen LogP contribution is 2.39. The summed E-state index contributed by atoms with van der Waals surface area (Å²) >= 11 is 0. The molecule has 13 heavy (non-hydrogen) atoms. The molecule has 0 bridgehead atoms. The van der Waals surface area contributed by atoms with E-state index in [2.05, 4.69) is 38.0 Å². The Hall–Kier alpha value is -0.263. The molecular weight excluding hydrogens is 176 g/mol. The fraction of sp³-hybridized carbons (Fsp3) is 0.818. The molecule has 1 fully saturated rings. The number of hydrogen-bond acceptors (Lipinski definition) is 1. The lowest BCUT2D eigenvalue weighted by Gasteiger charge is -2.39. The number of aliphatic hydroxyl groups is 1. The fourth-order valence-electron chi connectivity index (χ4n) is 1.59. The largest absolute Gasteiger partial charge is 0.378 e. The molecule has 0 atom stereocenters. The normalized spacial score (nSPS) is 33.2. The van der Waals surface area contributed by atoms with Crippen LogP contribution in [0, 0.1) is 17.4 Å². The second kappa shape index (κ2) is 3.47. The van der Waals surface area contributed by atoms with Crippen molar-refractivity contribution in [3.05, 3.63) is 0 Å². The van der Waals surface area contributed by atoms with Gasteiger partial charge in [0.05, 0.1) is 0 Å². The molecule has 1 aliphatic rings. The van der Waals surface area contributed by atoms with Crippen molar-refractivity contribution in [2.75, 3.05) is 0 Å². The van der Waals surface area contributed by atoms with Crippen molar-refractivity contribution in [1.82, 2.24) is 0 Å². The first kappa shape index (κ1) is 10.8. The minimum Gasteiger partial charge on any atom is -0.378 e. The first-order valence-electron chi connectivity index (χ1n) is 5.11. The van der Waals surface area contributed by atoms with Crippen molar-refractivity contribution in [3.8, 4) is 11.5 Å². The summed E-state index contributed by atoms with van der Waals surface area (Å²) in [6.07, 6.45) is 2.96. The molecule has 1 nitrogen and oxygen atoms in total. The minimum atomic E-state index is -1.30. The van der Waals surface area contributed by atoms with E-state index in [1.54, 1.807) is 0 Å². The molecule has 0 unspecified atom stereocenters. The molecule has 1 rings (SSSR count). The molecule has 0 spiro atoms. The lowest BCUT2D eigenvalue weighted by atomic mass is 9.70. The Balaban J connectivity index is 2.50. The van der Waals surface area contributed by atoms with E-state index in [1.165, 1.54) is 6.42 Å². The Labute approximate surface area is 82.6 Å². The molecule has 0 radical (unpaired) electrons. The van der Waals surface area contributed by atoms with Gasteiger partial charge < -0.3 is 5.11 Å². The van der Waals surface area contributed by atoms with Crippen LogP contribution in [0.25, 0.3) is 0 Å². The van der Waals surface area contributed by atoms with Gasteiger partial charge in [-0.1, -0.05) is 38.9 Å². The van der Waals surface area contributed by atoms with Gasteiger partial charge in [0.25, 0.3) is 0 Å². The quantitative estimate of drug-likeness (QED) is 0.504. The first-order chi connectivity index (χ1) is 5.85. The van der Waals surface area contributed by atoms with Gasteiger partial charge in [0, 0.05) is 0 Å². The summed E-state index contributed by atoms with van der Waals surface area (Å²) in [6, 6.07) is 0. The molecule has 0 aromatic carbocycles. The van der Waals surface area contributed by atoms with Crippen LogP contribution in [-0.4, -0.2) is 18.8 Å². The van der Waals surface area contributed by atoms with E-state index in [9.17, 15) is 5.11 Å². The predicted octanol–water partition coefficient (Wildman–Crippen LogP) is 2.42. The summed E-state index contributed by atoms with van der Waals surface area (Å²) in [4.78, 5) is 0. The van der Waals surface area contributed by atoms with E-state index in [-0.39, 0.29) is 0 Å². The van der Waals surface area contributed by atoms with Gasteiger partial charge in [-0.3, -0.25) is 0 Å². The van der Waals surface area contributed by atoms with Crippen LogP contribution in [0.15, 0.2) is 0 Å². The summed E-state index contributed by atoms with van der Waals surface area (Å²) in [5.74, 6) is 3.78. The average Bonchev–Trinajstić information content (AvgIpc) is 1.94. The topological polar surface area (TPSA) is 20.2 Å². The van der Waals surface area contributed by atoms with Crippen molar-refractivity contribution in [2.45, 2.75) is 51.4 Å². The van der Waals surface area contributed by atoms with E-state index in [0.29, 0.717) is 5.92 Å². The van der Waals surface area contributed by atoms with Crippen LogP contribution in [0.3, 0.4) is 0 Å². The van der Waals surface area contributed by atoms with Gasteiger partial charge >= 0.3 is 0 Å². The first-order valence-corrected chi connectivity index (χ1v) is 8.61. The summed E-state index contributed by atoms with van der Waals surface area (Å²) < 4.78 is 0. The van der Waals surface area contributed by atoms with E-state index in [0.717, 1.165) is 12.8 Å². The highest BCUT2D eigenvalue weighted by Gasteiger charge is 2.40. The van der Waals surface area contributed by atoms with Gasteiger partial charge in [-0.2, -0.15) is 0 Å². The van der Waals surface area contributed by atoms with Crippen molar-refractivity contribution < 1.29 is 5.11 Å². The summed E-state index contributed by atoms with van der Waals surface area (Å²) in [5.41, 5.74) is 2.62. The van der Waals surface area contributed by atoms with Crippen LogP contribution in [0.1, 0.15) is 26.2 Å². The van der Waals surface area contributed by atoms with Gasteiger partial charge in [0.1, 0.15) is 13.7 Å². The molecule has 0 heterocycles. The Kier molecular flexibility index (Phi) is 2.89. The fourth-order valence-corrected chi connectivity index (χ4v) is 2.20. The molecule has 0 aromatic rings. The molecular formula is C11H20OSi.